The Hall–Kier alpha value is -2.44. The molecule has 0 atom stereocenters. The molecule has 20 heavy (non-hydrogen) atoms. The maximum atomic E-state index is 11.9. The van der Waals surface area contributed by atoms with Gasteiger partial charge in [-0.15, -0.1) is 0 Å². The molecule has 0 radical (unpaired) electrons. The van der Waals surface area contributed by atoms with Gasteiger partial charge < -0.3 is 10.0 Å². The summed E-state index contributed by atoms with van der Waals surface area (Å²) in [5.41, 5.74) is 1.41. The number of aliphatic carboxylic acids is 1. The summed E-state index contributed by atoms with van der Waals surface area (Å²) in [6.07, 6.45) is 1.12. The van der Waals surface area contributed by atoms with Crippen molar-refractivity contribution in [3.63, 3.8) is 0 Å². The minimum absolute atomic E-state index is 0.00332. The second-order valence-corrected chi connectivity index (χ2v) is 4.61. The van der Waals surface area contributed by atoms with Crippen LogP contribution in [0.2, 0.25) is 0 Å². The van der Waals surface area contributed by atoms with E-state index in [4.69, 9.17) is 5.11 Å². The van der Waals surface area contributed by atoms with E-state index in [0.717, 1.165) is 5.56 Å². The molecule has 1 aliphatic heterocycles. The third kappa shape index (κ3) is 2.93. The van der Waals surface area contributed by atoms with Crippen molar-refractivity contribution in [2.45, 2.75) is 25.7 Å². The molecule has 0 spiro atoms. The molecule has 1 aromatic carbocycles. The predicted molar refractivity (Wildman–Crippen MR) is 70.6 cm³/mol. The molecule has 1 amide bonds. The Balaban J connectivity index is 2.20. The van der Waals surface area contributed by atoms with Crippen molar-refractivity contribution in [2.24, 2.45) is 0 Å². The normalized spacial score (nSPS) is 14.0. The standard InChI is InChI=1S/C13H14N2O5/c16-12-6-3-9-8-10(15(19)20)4-5-11(9)14(12)7-1-2-13(17)18/h4-5,8H,1-3,6-7H2,(H,17,18). The highest BCUT2D eigenvalue weighted by molar-refractivity contribution is 5.96. The van der Waals surface area contributed by atoms with E-state index in [1.54, 1.807) is 6.07 Å². The number of fused-ring (bicyclic) bond motifs is 1. The summed E-state index contributed by atoms with van der Waals surface area (Å²) in [6, 6.07) is 4.40. The van der Waals surface area contributed by atoms with Crippen LogP contribution in [-0.4, -0.2) is 28.5 Å². The lowest BCUT2D eigenvalue weighted by atomic mass is 10.00. The quantitative estimate of drug-likeness (QED) is 0.653. The Morgan fingerprint density at radius 2 is 2.15 bits per heavy atom. The van der Waals surface area contributed by atoms with Gasteiger partial charge in [-0.2, -0.15) is 0 Å². The molecule has 0 aliphatic carbocycles. The van der Waals surface area contributed by atoms with Gasteiger partial charge in [-0.1, -0.05) is 0 Å². The van der Waals surface area contributed by atoms with Crippen LogP contribution in [0, 0.1) is 10.1 Å². The second-order valence-electron chi connectivity index (χ2n) is 4.61. The Labute approximate surface area is 115 Å². The maximum Gasteiger partial charge on any atom is 0.303 e. The van der Waals surface area contributed by atoms with Crippen LogP contribution in [0.1, 0.15) is 24.8 Å². The van der Waals surface area contributed by atoms with Gasteiger partial charge in [-0.25, -0.2) is 0 Å². The Morgan fingerprint density at radius 1 is 1.40 bits per heavy atom. The van der Waals surface area contributed by atoms with Gasteiger partial charge in [0.05, 0.1) is 4.92 Å². The smallest absolute Gasteiger partial charge is 0.303 e. The minimum atomic E-state index is -0.904. The molecular formula is C13H14N2O5. The van der Waals surface area contributed by atoms with E-state index in [1.165, 1.54) is 17.0 Å². The van der Waals surface area contributed by atoms with Gasteiger partial charge in [0.25, 0.3) is 5.69 Å². The fraction of sp³-hybridized carbons (Fsp3) is 0.385. The average molecular weight is 278 g/mol. The van der Waals surface area contributed by atoms with Gasteiger partial charge in [0.2, 0.25) is 5.91 Å². The predicted octanol–water partition coefficient (Wildman–Crippen LogP) is 1.74. The molecule has 0 fully saturated rings. The molecule has 1 aromatic rings. The molecule has 0 bridgehead atoms. The van der Waals surface area contributed by atoms with Crippen molar-refractivity contribution in [1.29, 1.82) is 0 Å². The number of benzene rings is 1. The zero-order valence-electron chi connectivity index (χ0n) is 10.7. The number of amides is 1. The van der Waals surface area contributed by atoms with E-state index in [1.807, 2.05) is 0 Å². The number of carboxylic acid groups (broad SMARTS) is 1. The van der Waals surface area contributed by atoms with E-state index in [9.17, 15) is 19.7 Å². The third-order valence-corrected chi connectivity index (χ3v) is 3.25. The molecule has 7 heteroatoms. The monoisotopic (exact) mass is 278 g/mol. The van der Waals surface area contributed by atoms with E-state index in [2.05, 4.69) is 0 Å². The van der Waals surface area contributed by atoms with Crippen LogP contribution in [-0.2, 0) is 16.0 Å². The Bertz CT molecular complexity index is 570. The van der Waals surface area contributed by atoms with Gasteiger partial charge in [-0.05, 0) is 24.5 Å². The van der Waals surface area contributed by atoms with Crippen molar-refractivity contribution in [3.8, 4) is 0 Å². The molecule has 1 heterocycles. The lowest BCUT2D eigenvalue weighted by Crippen LogP contribution is -2.36. The summed E-state index contributed by atoms with van der Waals surface area (Å²) in [6.45, 7) is 0.315. The largest absolute Gasteiger partial charge is 0.481 e. The summed E-state index contributed by atoms with van der Waals surface area (Å²) in [5.74, 6) is -0.977. The van der Waals surface area contributed by atoms with Crippen molar-refractivity contribution in [3.05, 3.63) is 33.9 Å². The van der Waals surface area contributed by atoms with Crippen molar-refractivity contribution in [1.82, 2.24) is 0 Å². The number of nitro groups is 1. The number of carbonyl (C=O) groups excluding carboxylic acids is 1. The first kappa shape index (κ1) is 14.0. The highest BCUT2D eigenvalue weighted by Gasteiger charge is 2.25. The fourth-order valence-electron chi connectivity index (χ4n) is 2.29. The van der Waals surface area contributed by atoms with E-state index in [0.29, 0.717) is 31.5 Å². The number of non-ortho nitro benzene ring substituents is 1. The van der Waals surface area contributed by atoms with Crippen molar-refractivity contribution >= 4 is 23.3 Å². The maximum absolute atomic E-state index is 11.9. The highest BCUT2D eigenvalue weighted by atomic mass is 16.6. The number of rotatable bonds is 5. The fourth-order valence-corrected chi connectivity index (χ4v) is 2.29. The average Bonchev–Trinajstić information content (AvgIpc) is 2.40. The first-order valence-electron chi connectivity index (χ1n) is 6.28. The number of nitrogens with zero attached hydrogens (tertiary/aromatic N) is 2. The number of hydrogen-bond acceptors (Lipinski definition) is 4. The van der Waals surface area contributed by atoms with Crippen LogP contribution in [0.15, 0.2) is 18.2 Å². The first-order chi connectivity index (χ1) is 9.49. The molecule has 106 valence electrons. The lowest BCUT2D eigenvalue weighted by molar-refractivity contribution is -0.384. The van der Waals surface area contributed by atoms with E-state index < -0.39 is 10.9 Å². The first-order valence-corrected chi connectivity index (χ1v) is 6.28. The Morgan fingerprint density at radius 3 is 2.80 bits per heavy atom. The number of carboxylic acids is 1. The van der Waals surface area contributed by atoms with Crippen molar-refractivity contribution in [2.75, 3.05) is 11.4 Å². The molecule has 0 saturated heterocycles. The number of nitro benzene ring substituents is 1. The summed E-state index contributed by atoms with van der Waals surface area (Å²) in [5, 5.41) is 19.4. The SMILES string of the molecule is O=C(O)CCCN1C(=O)CCc2cc([N+](=O)[O-])ccc21. The Kier molecular flexibility index (Phi) is 3.97. The molecular weight excluding hydrogens is 264 g/mol. The summed E-state index contributed by atoms with van der Waals surface area (Å²) in [7, 11) is 0. The van der Waals surface area contributed by atoms with Gasteiger partial charge in [-0.3, -0.25) is 19.7 Å². The summed E-state index contributed by atoms with van der Waals surface area (Å²) < 4.78 is 0. The minimum Gasteiger partial charge on any atom is -0.481 e. The highest BCUT2D eigenvalue weighted by Crippen LogP contribution is 2.31. The molecule has 0 saturated carbocycles. The number of hydrogen-bond donors (Lipinski definition) is 1. The number of anilines is 1. The molecule has 2 rings (SSSR count). The molecule has 0 unspecified atom stereocenters. The van der Waals surface area contributed by atoms with Gasteiger partial charge in [0, 0.05) is 37.2 Å². The topological polar surface area (TPSA) is 101 Å². The van der Waals surface area contributed by atoms with E-state index >= 15 is 0 Å². The third-order valence-electron chi connectivity index (χ3n) is 3.25. The summed E-state index contributed by atoms with van der Waals surface area (Å²) in [4.78, 5) is 34.2. The molecule has 1 N–H and O–H groups in total. The number of aryl methyl sites for hydroxylation is 1. The zero-order chi connectivity index (χ0) is 14.7. The lowest BCUT2D eigenvalue weighted by Gasteiger charge is -2.29. The molecule has 1 aliphatic rings. The van der Waals surface area contributed by atoms with E-state index in [-0.39, 0.29) is 18.0 Å². The number of carbonyl (C=O) groups is 2. The van der Waals surface area contributed by atoms with Crippen molar-refractivity contribution < 1.29 is 19.6 Å². The van der Waals surface area contributed by atoms with Crippen LogP contribution in [0.5, 0.6) is 0 Å². The summed E-state index contributed by atoms with van der Waals surface area (Å²) >= 11 is 0. The van der Waals surface area contributed by atoms with Crippen LogP contribution in [0.4, 0.5) is 11.4 Å². The van der Waals surface area contributed by atoms with Crippen LogP contribution in [0.25, 0.3) is 0 Å². The van der Waals surface area contributed by atoms with Gasteiger partial charge in [0.1, 0.15) is 0 Å². The van der Waals surface area contributed by atoms with Crippen LogP contribution < -0.4 is 4.90 Å². The molecule has 0 aromatic heterocycles. The van der Waals surface area contributed by atoms with Crippen LogP contribution >= 0.6 is 0 Å². The zero-order valence-corrected chi connectivity index (χ0v) is 10.7. The van der Waals surface area contributed by atoms with Crippen LogP contribution in [0.3, 0.4) is 0 Å². The molecule has 7 nitrogen and oxygen atoms in total. The van der Waals surface area contributed by atoms with Gasteiger partial charge in [0.15, 0.2) is 0 Å². The second kappa shape index (κ2) is 5.68. The van der Waals surface area contributed by atoms with Gasteiger partial charge >= 0.3 is 5.97 Å².